The molecule has 0 saturated carbocycles. The van der Waals surface area contributed by atoms with Gasteiger partial charge in [-0.05, 0) is 17.7 Å². The van der Waals surface area contributed by atoms with Gasteiger partial charge in [-0.1, -0.05) is 12.1 Å². The Kier molecular flexibility index (Phi) is 2.25. The van der Waals surface area contributed by atoms with Gasteiger partial charge >= 0.3 is 0 Å². The normalized spacial score (nSPS) is 15.1. The highest BCUT2D eigenvalue weighted by molar-refractivity contribution is 6.16. The van der Waals surface area contributed by atoms with Crippen LogP contribution < -0.4 is 5.32 Å². The number of rotatable bonds is 2. The van der Waals surface area contributed by atoms with E-state index in [0.29, 0.717) is 12.0 Å². The van der Waals surface area contributed by atoms with Crippen molar-refractivity contribution in [3.63, 3.8) is 0 Å². The van der Waals surface area contributed by atoms with Crippen LogP contribution in [-0.4, -0.2) is 16.9 Å². The summed E-state index contributed by atoms with van der Waals surface area (Å²) in [6.45, 7) is 0. The van der Waals surface area contributed by atoms with Gasteiger partial charge in [-0.3, -0.25) is 14.9 Å². The number of amides is 2. The van der Waals surface area contributed by atoms with Crippen LogP contribution in [0.15, 0.2) is 35.9 Å². The molecule has 4 nitrogen and oxygen atoms in total. The van der Waals surface area contributed by atoms with Crippen molar-refractivity contribution in [2.24, 2.45) is 0 Å². The van der Waals surface area contributed by atoms with E-state index in [-0.39, 0.29) is 17.6 Å². The van der Waals surface area contributed by atoms with Gasteiger partial charge in [0.05, 0.1) is 0 Å². The van der Waals surface area contributed by atoms with Crippen LogP contribution in [0.4, 0.5) is 0 Å². The average molecular weight is 203 g/mol. The van der Waals surface area contributed by atoms with Gasteiger partial charge in [0.1, 0.15) is 5.75 Å². The van der Waals surface area contributed by atoms with Gasteiger partial charge in [-0.15, -0.1) is 0 Å². The Labute approximate surface area is 86.2 Å². The molecule has 76 valence electrons. The number of hydrogen-bond donors (Lipinski definition) is 2. The van der Waals surface area contributed by atoms with Crippen LogP contribution in [0.25, 0.3) is 0 Å². The second kappa shape index (κ2) is 3.57. The molecule has 2 N–H and O–H groups in total. The lowest BCUT2D eigenvalue weighted by molar-refractivity contribution is -0.123. The first-order chi connectivity index (χ1) is 7.15. The van der Waals surface area contributed by atoms with Crippen molar-refractivity contribution in [3.05, 3.63) is 41.5 Å². The molecule has 1 heterocycles. The maximum absolute atomic E-state index is 11.2. The maximum Gasteiger partial charge on any atom is 0.254 e. The van der Waals surface area contributed by atoms with E-state index in [9.17, 15) is 14.7 Å². The molecule has 0 unspecified atom stereocenters. The Morgan fingerprint density at radius 1 is 1.27 bits per heavy atom. The largest absolute Gasteiger partial charge is 0.508 e. The lowest BCUT2D eigenvalue weighted by Crippen LogP contribution is -2.22. The van der Waals surface area contributed by atoms with Gasteiger partial charge in [-0.2, -0.15) is 0 Å². The number of phenols is 1. The first-order valence-corrected chi connectivity index (χ1v) is 4.49. The molecule has 0 aromatic heterocycles. The molecule has 0 radical (unpaired) electrons. The van der Waals surface area contributed by atoms with Crippen LogP contribution in [0.3, 0.4) is 0 Å². The Bertz CT molecular complexity index is 463. The summed E-state index contributed by atoms with van der Waals surface area (Å²) in [6, 6.07) is 6.60. The molecule has 0 atom stereocenters. The summed E-state index contributed by atoms with van der Waals surface area (Å²) in [5.41, 5.74) is 1.22. The van der Waals surface area contributed by atoms with Crippen LogP contribution in [0.5, 0.6) is 5.75 Å². The number of hydrogen-bond acceptors (Lipinski definition) is 3. The molecular formula is C11H9NO3. The minimum Gasteiger partial charge on any atom is -0.508 e. The molecule has 1 aliphatic heterocycles. The van der Waals surface area contributed by atoms with E-state index in [1.165, 1.54) is 6.08 Å². The predicted octanol–water partition coefficient (Wildman–Crippen LogP) is 0.517. The third-order valence-corrected chi connectivity index (χ3v) is 2.14. The smallest absolute Gasteiger partial charge is 0.254 e. The molecule has 1 aromatic rings. The summed E-state index contributed by atoms with van der Waals surface area (Å²) in [7, 11) is 0. The van der Waals surface area contributed by atoms with Crippen molar-refractivity contribution >= 4 is 11.8 Å². The number of carbonyl (C=O) groups excluding carboxylic acids is 2. The zero-order valence-corrected chi connectivity index (χ0v) is 7.86. The van der Waals surface area contributed by atoms with Crippen molar-refractivity contribution in [1.82, 2.24) is 5.32 Å². The van der Waals surface area contributed by atoms with E-state index in [1.54, 1.807) is 24.3 Å². The van der Waals surface area contributed by atoms with Crippen molar-refractivity contribution < 1.29 is 14.7 Å². The highest BCUT2D eigenvalue weighted by Crippen LogP contribution is 2.16. The van der Waals surface area contributed by atoms with Crippen LogP contribution >= 0.6 is 0 Å². The van der Waals surface area contributed by atoms with E-state index in [2.05, 4.69) is 5.32 Å². The zero-order chi connectivity index (χ0) is 10.8. The van der Waals surface area contributed by atoms with E-state index >= 15 is 0 Å². The molecule has 0 spiro atoms. The summed E-state index contributed by atoms with van der Waals surface area (Å²) in [5.74, 6) is -0.587. The number of imide groups is 1. The van der Waals surface area contributed by atoms with Gasteiger partial charge in [-0.25, -0.2) is 0 Å². The fourth-order valence-electron chi connectivity index (χ4n) is 1.47. The Hall–Kier alpha value is -2.10. The minimum absolute atomic E-state index is 0.151. The molecule has 0 saturated heterocycles. The van der Waals surface area contributed by atoms with Crippen molar-refractivity contribution in [2.45, 2.75) is 6.42 Å². The molecule has 1 aliphatic rings. The Morgan fingerprint density at radius 2 is 2.07 bits per heavy atom. The van der Waals surface area contributed by atoms with E-state index in [4.69, 9.17) is 0 Å². The topological polar surface area (TPSA) is 66.4 Å². The van der Waals surface area contributed by atoms with Gasteiger partial charge in [0, 0.05) is 18.1 Å². The van der Waals surface area contributed by atoms with Gasteiger partial charge in [0.25, 0.3) is 11.8 Å². The van der Waals surface area contributed by atoms with E-state index in [0.717, 1.165) is 5.56 Å². The lowest BCUT2D eigenvalue weighted by atomic mass is 10.1. The highest BCUT2D eigenvalue weighted by atomic mass is 16.3. The fraction of sp³-hybridized carbons (Fsp3) is 0.0909. The van der Waals surface area contributed by atoms with Crippen molar-refractivity contribution in [2.75, 3.05) is 0 Å². The maximum atomic E-state index is 11.2. The number of benzene rings is 1. The second-order valence-corrected chi connectivity index (χ2v) is 3.33. The summed E-state index contributed by atoms with van der Waals surface area (Å²) < 4.78 is 0. The quantitative estimate of drug-likeness (QED) is 0.688. The minimum atomic E-state index is -0.379. The van der Waals surface area contributed by atoms with Crippen LogP contribution in [0.1, 0.15) is 5.56 Å². The third kappa shape index (κ3) is 2.04. The standard InChI is InChI=1S/C11H9NO3/c13-9-3-1-2-7(5-9)4-8-6-10(14)12-11(8)15/h1-3,5-6,13H,4H2,(H,12,14,15). The Morgan fingerprint density at radius 3 is 2.67 bits per heavy atom. The van der Waals surface area contributed by atoms with Crippen molar-refractivity contribution in [1.29, 1.82) is 0 Å². The van der Waals surface area contributed by atoms with E-state index in [1.807, 2.05) is 0 Å². The molecule has 15 heavy (non-hydrogen) atoms. The first kappa shape index (κ1) is 9.45. The number of phenolic OH excluding ortho intramolecular Hbond substituents is 1. The van der Waals surface area contributed by atoms with Gasteiger partial charge in [0.15, 0.2) is 0 Å². The van der Waals surface area contributed by atoms with Gasteiger partial charge in [0.2, 0.25) is 0 Å². The van der Waals surface area contributed by atoms with Crippen LogP contribution in [0.2, 0.25) is 0 Å². The molecule has 0 fully saturated rings. The average Bonchev–Trinajstić information content (AvgIpc) is 2.45. The van der Waals surface area contributed by atoms with Crippen LogP contribution in [0, 0.1) is 0 Å². The zero-order valence-electron chi connectivity index (χ0n) is 7.86. The molecule has 0 bridgehead atoms. The molecule has 2 amide bonds. The predicted molar refractivity (Wildman–Crippen MR) is 53.0 cm³/mol. The lowest BCUT2D eigenvalue weighted by Gasteiger charge is -2.01. The summed E-state index contributed by atoms with van der Waals surface area (Å²) >= 11 is 0. The molecule has 0 aliphatic carbocycles. The summed E-state index contributed by atoms with van der Waals surface area (Å²) in [5, 5.41) is 11.4. The van der Waals surface area contributed by atoms with E-state index < -0.39 is 0 Å². The molecule has 1 aromatic carbocycles. The highest BCUT2D eigenvalue weighted by Gasteiger charge is 2.20. The van der Waals surface area contributed by atoms with Crippen molar-refractivity contribution in [3.8, 4) is 5.75 Å². The Balaban J connectivity index is 2.19. The van der Waals surface area contributed by atoms with Gasteiger partial charge < -0.3 is 5.11 Å². The SMILES string of the molecule is O=C1C=C(Cc2cccc(O)c2)C(=O)N1. The fourth-order valence-corrected chi connectivity index (χ4v) is 1.47. The summed E-state index contributed by atoms with van der Waals surface area (Å²) in [4.78, 5) is 22.1. The number of carbonyl (C=O) groups is 2. The third-order valence-electron chi connectivity index (χ3n) is 2.14. The molecule has 4 heteroatoms. The number of aromatic hydroxyl groups is 1. The molecule has 2 rings (SSSR count). The molecular weight excluding hydrogens is 194 g/mol. The summed E-state index contributed by atoms with van der Waals surface area (Å²) in [6.07, 6.45) is 1.64. The second-order valence-electron chi connectivity index (χ2n) is 3.33. The number of nitrogens with one attached hydrogen (secondary N) is 1. The van der Waals surface area contributed by atoms with Crippen LogP contribution in [-0.2, 0) is 16.0 Å². The monoisotopic (exact) mass is 203 g/mol. The first-order valence-electron chi connectivity index (χ1n) is 4.49.